The minimum atomic E-state index is -0.397. The highest BCUT2D eigenvalue weighted by Gasteiger charge is 2.12. The molecule has 24 heavy (non-hydrogen) atoms. The standard InChI is InChI=1S/C18H16N4O2/c23-22(24)18-9-7-17(8-10-18)21(13-15-5-1-3-11-19-15)14-16-6-2-4-12-20-16/h1-12H,13-14H2. The predicted octanol–water partition coefficient (Wildman–Crippen LogP) is 3.59. The number of rotatable bonds is 6. The number of anilines is 1. The number of aromatic nitrogens is 2. The zero-order chi connectivity index (χ0) is 16.8. The quantitative estimate of drug-likeness (QED) is 0.512. The molecule has 0 saturated carbocycles. The minimum Gasteiger partial charge on any atom is -0.360 e. The lowest BCUT2D eigenvalue weighted by atomic mass is 10.2. The van der Waals surface area contributed by atoms with Gasteiger partial charge in [-0.05, 0) is 36.4 Å². The zero-order valence-corrected chi connectivity index (χ0v) is 12.9. The molecule has 0 bridgehead atoms. The van der Waals surface area contributed by atoms with Gasteiger partial charge in [-0.1, -0.05) is 12.1 Å². The molecule has 0 fully saturated rings. The van der Waals surface area contributed by atoms with E-state index in [0.717, 1.165) is 17.1 Å². The summed E-state index contributed by atoms with van der Waals surface area (Å²) in [5, 5.41) is 10.8. The highest BCUT2D eigenvalue weighted by molar-refractivity contribution is 5.51. The van der Waals surface area contributed by atoms with Crippen LogP contribution < -0.4 is 4.90 Å². The van der Waals surface area contributed by atoms with E-state index in [4.69, 9.17) is 0 Å². The van der Waals surface area contributed by atoms with Crippen LogP contribution in [0.4, 0.5) is 11.4 Å². The Hall–Kier alpha value is -3.28. The molecular formula is C18H16N4O2. The summed E-state index contributed by atoms with van der Waals surface area (Å²) in [7, 11) is 0. The monoisotopic (exact) mass is 320 g/mol. The normalized spacial score (nSPS) is 10.3. The lowest BCUT2D eigenvalue weighted by Crippen LogP contribution is -2.23. The molecule has 0 saturated heterocycles. The summed E-state index contributed by atoms with van der Waals surface area (Å²) >= 11 is 0. The Morgan fingerprint density at radius 1 is 0.833 bits per heavy atom. The molecule has 2 aromatic heterocycles. The van der Waals surface area contributed by atoms with Crippen LogP contribution in [-0.2, 0) is 13.1 Å². The highest BCUT2D eigenvalue weighted by atomic mass is 16.6. The van der Waals surface area contributed by atoms with Gasteiger partial charge in [0.05, 0.1) is 29.4 Å². The van der Waals surface area contributed by atoms with Crippen LogP contribution in [0.1, 0.15) is 11.4 Å². The maximum absolute atomic E-state index is 10.8. The first-order chi connectivity index (χ1) is 11.7. The van der Waals surface area contributed by atoms with Gasteiger partial charge in [0.25, 0.3) is 5.69 Å². The Morgan fingerprint density at radius 3 is 1.79 bits per heavy atom. The largest absolute Gasteiger partial charge is 0.360 e. The Balaban J connectivity index is 1.87. The van der Waals surface area contributed by atoms with Crippen molar-refractivity contribution in [2.75, 3.05) is 4.90 Å². The highest BCUT2D eigenvalue weighted by Crippen LogP contribution is 2.22. The lowest BCUT2D eigenvalue weighted by Gasteiger charge is -2.24. The summed E-state index contributed by atoms with van der Waals surface area (Å²) in [5.74, 6) is 0. The van der Waals surface area contributed by atoms with Crippen molar-refractivity contribution in [1.29, 1.82) is 0 Å². The van der Waals surface area contributed by atoms with Crippen LogP contribution >= 0.6 is 0 Å². The van der Waals surface area contributed by atoms with E-state index >= 15 is 0 Å². The number of nitrogens with zero attached hydrogens (tertiary/aromatic N) is 4. The fourth-order valence-electron chi connectivity index (χ4n) is 2.40. The molecule has 0 aliphatic rings. The van der Waals surface area contributed by atoms with Crippen LogP contribution in [0.25, 0.3) is 0 Å². The summed E-state index contributed by atoms with van der Waals surface area (Å²) in [4.78, 5) is 21.3. The molecule has 0 unspecified atom stereocenters. The number of nitro benzene ring substituents is 1. The van der Waals surface area contributed by atoms with Gasteiger partial charge in [0.1, 0.15) is 0 Å². The van der Waals surface area contributed by atoms with Crippen LogP contribution in [0.5, 0.6) is 0 Å². The van der Waals surface area contributed by atoms with E-state index < -0.39 is 4.92 Å². The van der Waals surface area contributed by atoms with E-state index in [1.54, 1.807) is 24.5 Å². The van der Waals surface area contributed by atoms with Crippen LogP contribution in [0, 0.1) is 10.1 Å². The van der Waals surface area contributed by atoms with E-state index in [-0.39, 0.29) is 5.69 Å². The maximum atomic E-state index is 10.8. The Kier molecular flexibility index (Phi) is 4.76. The Bertz CT molecular complexity index is 751. The molecule has 1 aromatic carbocycles. The van der Waals surface area contributed by atoms with Crippen molar-refractivity contribution < 1.29 is 4.92 Å². The molecule has 3 rings (SSSR count). The van der Waals surface area contributed by atoms with Gasteiger partial charge in [0.2, 0.25) is 0 Å². The van der Waals surface area contributed by atoms with Gasteiger partial charge in [0, 0.05) is 30.2 Å². The van der Waals surface area contributed by atoms with Crippen LogP contribution in [0.15, 0.2) is 73.1 Å². The van der Waals surface area contributed by atoms with Crippen molar-refractivity contribution in [2.45, 2.75) is 13.1 Å². The minimum absolute atomic E-state index is 0.0781. The second kappa shape index (κ2) is 7.32. The molecule has 0 radical (unpaired) electrons. The van der Waals surface area contributed by atoms with Gasteiger partial charge in [-0.2, -0.15) is 0 Å². The number of hydrogen-bond acceptors (Lipinski definition) is 5. The smallest absolute Gasteiger partial charge is 0.269 e. The summed E-state index contributed by atoms with van der Waals surface area (Å²) in [6, 6.07) is 18.1. The van der Waals surface area contributed by atoms with Crippen molar-refractivity contribution in [3.63, 3.8) is 0 Å². The average molecular weight is 320 g/mol. The van der Waals surface area contributed by atoms with E-state index in [2.05, 4.69) is 14.9 Å². The number of benzene rings is 1. The van der Waals surface area contributed by atoms with Crippen molar-refractivity contribution in [2.24, 2.45) is 0 Å². The van der Waals surface area contributed by atoms with Gasteiger partial charge >= 0.3 is 0 Å². The fourth-order valence-corrected chi connectivity index (χ4v) is 2.40. The molecule has 0 aliphatic heterocycles. The summed E-state index contributed by atoms with van der Waals surface area (Å²) in [6.45, 7) is 1.18. The van der Waals surface area contributed by atoms with Gasteiger partial charge in [0.15, 0.2) is 0 Å². The van der Waals surface area contributed by atoms with Gasteiger partial charge in [-0.25, -0.2) is 0 Å². The molecule has 3 aromatic rings. The van der Waals surface area contributed by atoms with E-state index in [0.29, 0.717) is 13.1 Å². The third-order valence-electron chi connectivity index (χ3n) is 3.58. The average Bonchev–Trinajstić information content (AvgIpc) is 2.63. The van der Waals surface area contributed by atoms with Crippen LogP contribution in [-0.4, -0.2) is 14.9 Å². The van der Waals surface area contributed by atoms with Gasteiger partial charge < -0.3 is 4.90 Å². The molecule has 2 heterocycles. The molecule has 0 N–H and O–H groups in total. The number of hydrogen-bond donors (Lipinski definition) is 0. The van der Waals surface area contributed by atoms with Crippen molar-refractivity contribution >= 4 is 11.4 Å². The molecule has 0 spiro atoms. The summed E-state index contributed by atoms with van der Waals surface area (Å²) < 4.78 is 0. The third-order valence-corrected chi connectivity index (χ3v) is 3.58. The van der Waals surface area contributed by atoms with Crippen molar-refractivity contribution in [1.82, 2.24) is 9.97 Å². The topological polar surface area (TPSA) is 72.2 Å². The third kappa shape index (κ3) is 3.92. The summed E-state index contributed by atoms with van der Waals surface area (Å²) in [5.41, 5.74) is 2.81. The molecular weight excluding hydrogens is 304 g/mol. The number of nitro groups is 1. The van der Waals surface area contributed by atoms with E-state index in [1.165, 1.54) is 12.1 Å². The Morgan fingerprint density at radius 2 is 1.38 bits per heavy atom. The first-order valence-electron chi connectivity index (χ1n) is 7.51. The number of non-ortho nitro benzene ring substituents is 1. The van der Waals surface area contributed by atoms with Crippen molar-refractivity contribution in [3.05, 3.63) is 94.6 Å². The van der Waals surface area contributed by atoms with Gasteiger partial charge in [-0.15, -0.1) is 0 Å². The maximum Gasteiger partial charge on any atom is 0.269 e. The first-order valence-corrected chi connectivity index (χ1v) is 7.51. The Labute approximate surface area is 139 Å². The molecule has 120 valence electrons. The SMILES string of the molecule is O=[N+]([O-])c1ccc(N(Cc2ccccn2)Cc2ccccn2)cc1. The second-order valence-corrected chi connectivity index (χ2v) is 5.27. The first kappa shape index (κ1) is 15.6. The number of pyridine rings is 2. The van der Waals surface area contributed by atoms with Crippen LogP contribution in [0.3, 0.4) is 0 Å². The molecule has 6 heteroatoms. The van der Waals surface area contributed by atoms with E-state index in [1.807, 2.05) is 36.4 Å². The predicted molar refractivity (Wildman–Crippen MR) is 91.5 cm³/mol. The fraction of sp³-hybridized carbons (Fsp3) is 0.111. The molecule has 6 nitrogen and oxygen atoms in total. The van der Waals surface area contributed by atoms with Gasteiger partial charge in [-0.3, -0.25) is 20.1 Å². The van der Waals surface area contributed by atoms with Crippen LogP contribution in [0.2, 0.25) is 0 Å². The van der Waals surface area contributed by atoms with Crippen molar-refractivity contribution in [3.8, 4) is 0 Å². The zero-order valence-electron chi connectivity index (χ0n) is 12.9. The lowest BCUT2D eigenvalue weighted by molar-refractivity contribution is -0.384. The second-order valence-electron chi connectivity index (χ2n) is 5.27. The summed E-state index contributed by atoms with van der Waals surface area (Å²) in [6.07, 6.45) is 3.51. The van der Waals surface area contributed by atoms with E-state index in [9.17, 15) is 10.1 Å². The molecule has 0 aliphatic carbocycles. The molecule has 0 atom stereocenters. The molecule has 0 amide bonds.